The summed E-state index contributed by atoms with van der Waals surface area (Å²) in [6, 6.07) is 22.0. The Morgan fingerprint density at radius 3 is 1.75 bits per heavy atom. The molecule has 0 radical (unpaired) electrons. The summed E-state index contributed by atoms with van der Waals surface area (Å²) < 4.78 is 1.96. The minimum Gasteiger partial charge on any atom is -0.359 e. The van der Waals surface area contributed by atoms with Crippen LogP contribution in [-0.4, -0.2) is 17.0 Å². The lowest BCUT2D eigenvalue weighted by Crippen LogP contribution is -2.47. The standard InChI is InChI=1S/C21H14I2N2O3/c22-15-6-10-17(11-7-15)24-19(26)21(28,14-4-2-1-3-5-14)25(20(24)27)18-12-8-16(23)9-13-18/h1-13,28H. The Balaban J connectivity index is 1.90. The number of imide groups is 1. The molecule has 1 unspecified atom stereocenters. The second-order valence-corrected chi connectivity index (χ2v) is 8.74. The zero-order chi connectivity index (χ0) is 19.9. The van der Waals surface area contributed by atoms with E-state index in [1.807, 2.05) is 24.3 Å². The number of rotatable bonds is 3. The number of carbonyl (C=O) groups is 2. The van der Waals surface area contributed by atoms with Gasteiger partial charge in [-0.15, -0.1) is 0 Å². The van der Waals surface area contributed by atoms with Crippen molar-refractivity contribution in [3.8, 4) is 0 Å². The molecule has 1 aliphatic heterocycles. The third kappa shape index (κ3) is 3.11. The fourth-order valence-corrected chi connectivity index (χ4v) is 3.92. The number of urea groups is 1. The minimum absolute atomic E-state index is 0.333. The lowest BCUT2D eigenvalue weighted by molar-refractivity contribution is -0.133. The van der Waals surface area contributed by atoms with E-state index in [0.717, 1.165) is 16.9 Å². The van der Waals surface area contributed by atoms with Gasteiger partial charge in [-0.1, -0.05) is 30.3 Å². The first-order valence-electron chi connectivity index (χ1n) is 8.40. The number of anilines is 2. The SMILES string of the molecule is O=C1N(c2ccc(I)cc2)C(=O)C(O)(c2ccccc2)N1c1ccc(I)cc1. The first-order valence-corrected chi connectivity index (χ1v) is 10.6. The van der Waals surface area contributed by atoms with Crippen LogP contribution >= 0.6 is 45.2 Å². The van der Waals surface area contributed by atoms with E-state index >= 15 is 0 Å². The molecule has 5 nitrogen and oxygen atoms in total. The maximum Gasteiger partial charge on any atom is 0.339 e. The average molecular weight is 596 g/mol. The van der Waals surface area contributed by atoms with Crippen LogP contribution in [0.2, 0.25) is 0 Å². The van der Waals surface area contributed by atoms with Gasteiger partial charge >= 0.3 is 6.03 Å². The number of benzene rings is 3. The zero-order valence-electron chi connectivity index (χ0n) is 14.4. The van der Waals surface area contributed by atoms with Gasteiger partial charge in [0.15, 0.2) is 0 Å². The molecule has 0 aromatic heterocycles. The molecule has 0 saturated carbocycles. The maximum absolute atomic E-state index is 13.4. The van der Waals surface area contributed by atoms with Crippen molar-refractivity contribution in [1.82, 2.24) is 0 Å². The van der Waals surface area contributed by atoms with Crippen LogP contribution in [0.25, 0.3) is 0 Å². The fraction of sp³-hybridized carbons (Fsp3) is 0.0476. The molecule has 0 bridgehead atoms. The van der Waals surface area contributed by atoms with Crippen molar-refractivity contribution in [1.29, 1.82) is 0 Å². The van der Waals surface area contributed by atoms with Crippen LogP contribution in [0.4, 0.5) is 16.2 Å². The van der Waals surface area contributed by atoms with Crippen LogP contribution in [-0.2, 0) is 10.5 Å². The van der Waals surface area contributed by atoms with E-state index in [1.54, 1.807) is 54.6 Å². The molecule has 4 rings (SSSR count). The summed E-state index contributed by atoms with van der Waals surface area (Å²) in [6.45, 7) is 0. The van der Waals surface area contributed by atoms with Gasteiger partial charge in [0.1, 0.15) is 0 Å². The second-order valence-electron chi connectivity index (χ2n) is 6.25. The molecule has 1 aliphatic rings. The van der Waals surface area contributed by atoms with E-state index in [0.29, 0.717) is 16.9 Å². The van der Waals surface area contributed by atoms with Crippen LogP contribution in [0.1, 0.15) is 5.56 Å². The third-order valence-corrected chi connectivity index (χ3v) is 5.99. The Morgan fingerprint density at radius 1 is 0.714 bits per heavy atom. The van der Waals surface area contributed by atoms with Crippen molar-refractivity contribution in [3.63, 3.8) is 0 Å². The van der Waals surface area contributed by atoms with E-state index in [2.05, 4.69) is 45.2 Å². The number of hydrogen-bond acceptors (Lipinski definition) is 3. The van der Waals surface area contributed by atoms with Crippen molar-refractivity contribution >= 4 is 68.5 Å². The van der Waals surface area contributed by atoms with Crippen LogP contribution in [0, 0.1) is 7.14 Å². The molecule has 3 aromatic rings. The molecule has 1 heterocycles. The van der Waals surface area contributed by atoms with Crippen molar-refractivity contribution in [2.75, 3.05) is 9.80 Å². The van der Waals surface area contributed by atoms with Gasteiger partial charge in [-0.2, -0.15) is 0 Å². The van der Waals surface area contributed by atoms with E-state index in [-0.39, 0.29) is 0 Å². The number of amides is 3. The quantitative estimate of drug-likeness (QED) is 0.352. The van der Waals surface area contributed by atoms with Crippen LogP contribution in [0.5, 0.6) is 0 Å². The van der Waals surface area contributed by atoms with Gasteiger partial charge < -0.3 is 5.11 Å². The van der Waals surface area contributed by atoms with Gasteiger partial charge in [0.25, 0.3) is 11.6 Å². The highest BCUT2D eigenvalue weighted by molar-refractivity contribution is 14.1. The number of aliphatic hydroxyl groups is 1. The molecular weight excluding hydrogens is 582 g/mol. The summed E-state index contributed by atoms with van der Waals surface area (Å²) in [7, 11) is 0. The monoisotopic (exact) mass is 596 g/mol. The molecule has 7 heteroatoms. The molecule has 1 atom stereocenters. The van der Waals surface area contributed by atoms with E-state index in [9.17, 15) is 14.7 Å². The van der Waals surface area contributed by atoms with Crippen molar-refractivity contribution in [3.05, 3.63) is 91.6 Å². The molecule has 1 fully saturated rings. The first kappa shape index (κ1) is 19.3. The van der Waals surface area contributed by atoms with Gasteiger partial charge in [0, 0.05) is 18.4 Å². The molecular formula is C21H14I2N2O3. The van der Waals surface area contributed by atoms with E-state index < -0.39 is 17.7 Å². The molecule has 1 saturated heterocycles. The lowest BCUT2D eigenvalue weighted by atomic mass is 10.0. The predicted octanol–water partition coefficient (Wildman–Crippen LogP) is 4.71. The molecule has 3 aromatic carbocycles. The summed E-state index contributed by atoms with van der Waals surface area (Å²) in [5.41, 5.74) is -0.940. The summed E-state index contributed by atoms with van der Waals surface area (Å²) in [5.74, 6) is -0.705. The van der Waals surface area contributed by atoms with Gasteiger partial charge in [-0.25, -0.2) is 9.69 Å². The van der Waals surface area contributed by atoms with E-state index in [4.69, 9.17) is 0 Å². The minimum atomic E-state index is -2.13. The first-order chi connectivity index (χ1) is 13.4. The Morgan fingerprint density at radius 2 is 1.21 bits per heavy atom. The van der Waals surface area contributed by atoms with E-state index in [1.165, 1.54) is 0 Å². The van der Waals surface area contributed by atoms with Crippen molar-refractivity contribution < 1.29 is 14.7 Å². The summed E-state index contributed by atoms with van der Waals surface area (Å²) >= 11 is 4.32. The van der Waals surface area contributed by atoms with Crippen molar-refractivity contribution in [2.24, 2.45) is 0 Å². The Labute approximate surface area is 189 Å². The fourth-order valence-electron chi connectivity index (χ4n) is 3.21. The highest BCUT2D eigenvalue weighted by atomic mass is 127. The number of hydrogen-bond donors (Lipinski definition) is 1. The molecule has 3 amide bonds. The topological polar surface area (TPSA) is 60.9 Å². The highest BCUT2D eigenvalue weighted by Gasteiger charge is 2.59. The Hall–Kier alpha value is -1.98. The lowest BCUT2D eigenvalue weighted by Gasteiger charge is -2.30. The smallest absolute Gasteiger partial charge is 0.339 e. The van der Waals surface area contributed by atoms with Gasteiger partial charge in [0.2, 0.25) is 0 Å². The van der Waals surface area contributed by atoms with Crippen LogP contribution < -0.4 is 9.80 Å². The molecule has 0 aliphatic carbocycles. The summed E-state index contributed by atoms with van der Waals surface area (Å²) in [4.78, 5) is 28.9. The van der Waals surface area contributed by atoms with Crippen molar-refractivity contribution in [2.45, 2.75) is 5.72 Å². The molecule has 0 spiro atoms. The molecule has 1 N–H and O–H groups in total. The summed E-state index contributed by atoms with van der Waals surface area (Å²) in [6.07, 6.45) is 0. The highest BCUT2D eigenvalue weighted by Crippen LogP contribution is 2.41. The average Bonchev–Trinajstić information content (AvgIpc) is 2.91. The Kier molecular flexibility index (Phi) is 5.15. The Bertz CT molecular complexity index is 1040. The van der Waals surface area contributed by atoms with Crippen LogP contribution in [0.15, 0.2) is 78.9 Å². The third-order valence-electron chi connectivity index (χ3n) is 4.55. The normalized spacial score (nSPS) is 19.4. The largest absolute Gasteiger partial charge is 0.359 e. The molecule has 28 heavy (non-hydrogen) atoms. The predicted molar refractivity (Wildman–Crippen MR) is 124 cm³/mol. The number of nitrogens with zero attached hydrogens (tertiary/aromatic N) is 2. The van der Waals surface area contributed by atoms with Gasteiger partial charge in [-0.05, 0) is 93.7 Å². The molecule has 140 valence electrons. The number of carbonyl (C=O) groups excluding carboxylic acids is 2. The van der Waals surface area contributed by atoms with Gasteiger partial charge in [-0.3, -0.25) is 9.69 Å². The van der Waals surface area contributed by atoms with Gasteiger partial charge in [0.05, 0.1) is 5.69 Å². The maximum atomic E-state index is 13.4. The summed E-state index contributed by atoms with van der Waals surface area (Å²) in [5, 5.41) is 11.6. The van der Waals surface area contributed by atoms with Crippen LogP contribution in [0.3, 0.4) is 0 Å². The zero-order valence-corrected chi connectivity index (χ0v) is 18.7. The number of halogens is 2. The second kappa shape index (κ2) is 7.45.